The van der Waals surface area contributed by atoms with E-state index in [2.05, 4.69) is 34.6 Å². The van der Waals surface area contributed by atoms with Gasteiger partial charge in [0.15, 0.2) is 5.13 Å². The zero-order chi connectivity index (χ0) is 22.0. The van der Waals surface area contributed by atoms with Crippen LogP contribution in [-0.2, 0) is 9.59 Å². The Morgan fingerprint density at radius 1 is 1.19 bits per heavy atom. The van der Waals surface area contributed by atoms with Crippen LogP contribution < -0.4 is 20.3 Å². The molecule has 7 nitrogen and oxygen atoms in total. The zero-order valence-corrected chi connectivity index (χ0v) is 18.7. The first-order chi connectivity index (χ1) is 14.9. The fourth-order valence-corrected chi connectivity index (χ4v) is 4.94. The van der Waals surface area contributed by atoms with E-state index in [9.17, 15) is 9.59 Å². The van der Waals surface area contributed by atoms with Crippen molar-refractivity contribution < 1.29 is 14.3 Å². The van der Waals surface area contributed by atoms with E-state index >= 15 is 0 Å². The minimum atomic E-state index is -0.170. The summed E-state index contributed by atoms with van der Waals surface area (Å²) in [6, 6.07) is 11.5. The van der Waals surface area contributed by atoms with E-state index in [1.165, 1.54) is 17.2 Å². The molecule has 162 valence electrons. The number of fused-ring (bicyclic) bond motifs is 1. The van der Waals surface area contributed by atoms with Crippen molar-refractivity contribution in [1.29, 1.82) is 0 Å². The second-order valence-corrected chi connectivity index (χ2v) is 8.85. The number of methoxy groups -OCH3 is 1. The van der Waals surface area contributed by atoms with Crippen LogP contribution in [0.1, 0.15) is 25.3 Å². The second kappa shape index (κ2) is 8.93. The zero-order valence-electron chi connectivity index (χ0n) is 17.9. The highest BCUT2D eigenvalue weighted by molar-refractivity contribution is 7.22. The first-order valence-corrected chi connectivity index (χ1v) is 11.1. The van der Waals surface area contributed by atoms with Gasteiger partial charge in [-0.05, 0) is 55.7 Å². The van der Waals surface area contributed by atoms with Crippen LogP contribution in [0.2, 0.25) is 0 Å². The predicted octanol–water partition coefficient (Wildman–Crippen LogP) is 4.43. The number of aryl methyl sites for hydroxylation is 1. The summed E-state index contributed by atoms with van der Waals surface area (Å²) < 4.78 is 6.55. The van der Waals surface area contributed by atoms with Crippen molar-refractivity contribution >= 4 is 49.9 Å². The molecule has 1 unspecified atom stereocenters. The van der Waals surface area contributed by atoms with Gasteiger partial charge in [-0.2, -0.15) is 0 Å². The highest BCUT2D eigenvalue weighted by Crippen LogP contribution is 2.33. The Morgan fingerprint density at radius 2 is 2.03 bits per heavy atom. The van der Waals surface area contributed by atoms with Crippen molar-refractivity contribution in [2.45, 2.75) is 26.7 Å². The number of carbonyl (C=O) groups is 2. The summed E-state index contributed by atoms with van der Waals surface area (Å²) in [5.41, 5.74) is 3.37. The van der Waals surface area contributed by atoms with Crippen LogP contribution in [0, 0.1) is 12.8 Å². The van der Waals surface area contributed by atoms with Gasteiger partial charge in [0, 0.05) is 25.7 Å². The predicted molar refractivity (Wildman–Crippen MR) is 125 cm³/mol. The largest absolute Gasteiger partial charge is 0.495 e. The number of aromatic nitrogens is 1. The number of carbonyl (C=O) groups excluding carboxylic acids is 2. The lowest BCUT2D eigenvalue weighted by molar-refractivity contribution is -0.120. The van der Waals surface area contributed by atoms with Gasteiger partial charge in [-0.15, -0.1) is 0 Å². The van der Waals surface area contributed by atoms with E-state index in [-0.39, 0.29) is 17.7 Å². The lowest BCUT2D eigenvalue weighted by atomic mass is 9.97. The van der Waals surface area contributed by atoms with Gasteiger partial charge in [-0.3, -0.25) is 9.59 Å². The molecule has 2 heterocycles. The van der Waals surface area contributed by atoms with E-state index in [0.717, 1.165) is 30.0 Å². The van der Waals surface area contributed by atoms with Gasteiger partial charge in [0.05, 0.1) is 28.9 Å². The molecule has 3 aromatic rings. The standard InChI is InChI=1S/C23H26N4O3S/c1-14-6-8-18-21(11-14)31-23(26-18)27-10-4-5-16(13-27)22(29)25-19-12-17(24-15(2)28)7-9-20(19)30-3/h6-9,11-12,16H,4-5,10,13H2,1-3H3,(H,24,28)(H,25,29). The van der Waals surface area contributed by atoms with Gasteiger partial charge in [0.2, 0.25) is 11.8 Å². The molecule has 4 rings (SSSR count). The van der Waals surface area contributed by atoms with E-state index in [4.69, 9.17) is 9.72 Å². The van der Waals surface area contributed by atoms with E-state index in [1.54, 1.807) is 36.6 Å². The molecule has 2 N–H and O–H groups in total. The quantitative estimate of drug-likeness (QED) is 0.616. The number of ether oxygens (including phenoxy) is 1. The van der Waals surface area contributed by atoms with Crippen LogP contribution in [0.25, 0.3) is 10.2 Å². The van der Waals surface area contributed by atoms with Crippen LogP contribution in [-0.4, -0.2) is 37.0 Å². The maximum Gasteiger partial charge on any atom is 0.229 e. The van der Waals surface area contributed by atoms with E-state index in [1.807, 2.05) is 6.07 Å². The highest BCUT2D eigenvalue weighted by Gasteiger charge is 2.28. The molecule has 0 bridgehead atoms. The molecule has 8 heteroatoms. The number of benzene rings is 2. The van der Waals surface area contributed by atoms with Gasteiger partial charge in [0.25, 0.3) is 0 Å². The molecular formula is C23H26N4O3S. The normalized spacial score (nSPS) is 16.2. The molecule has 1 atom stereocenters. The average molecular weight is 439 g/mol. The number of nitrogens with one attached hydrogen (secondary N) is 2. The van der Waals surface area contributed by atoms with Crippen LogP contribution >= 0.6 is 11.3 Å². The van der Waals surface area contributed by atoms with Crippen LogP contribution in [0.15, 0.2) is 36.4 Å². The fourth-order valence-electron chi connectivity index (χ4n) is 3.84. The van der Waals surface area contributed by atoms with Crippen molar-refractivity contribution in [2.75, 3.05) is 35.7 Å². The summed E-state index contributed by atoms with van der Waals surface area (Å²) in [6.45, 7) is 5.04. The highest BCUT2D eigenvalue weighted by atomic mass is 32.1. The number of anilines is 3. The summed E-state index contributed by atoms with van der Waals surface area (Å²) in [4.78, 5) is 31.4. The topological polar surface area (TPSA) is 83.6 Å². The Labute approximate surface area is 185 Å². The summed E-state index contributed by atoms with van der Waals surface area (Å²) in [5, 5.41) is 6.69. The molecule has 2 amide bonds. The Morgan fingerprint density at radius 3 is 2.81 bits per heavy atom. The average Bonchev–Trinajstić information content (AvgIpc) is 3.17. The molecule has 0 spiro atoms. The number of hydrogen-bond acceptors (Lipinski definition) is 6. The minimum Gasteiger partial charge on any atom is -0.495 e. The van der Waals surface area contributed by atoms with Crippen molar-refractivity contribution in [3.63, 3.8) is 0 Å². The van der Waals surface area contributed by atoms with Crippen LogP contribution in [0.3, 0.4) is 0 Å². The monoisotopic (exact) mass is 438 g/mol. The van der Waals surface area contributed by atoms with Gasteiger partial charge in [-0.25, -0.2) is 4.98 Å². The number of piperidine rings is 1. The SMILES string of the molecule is COc1ccc(NC(C)=O)cc1NC(=O)C1CCCN(c2nc3ccc(C)cc3s2)C1. The third-order valence-corrected chi connectivity index (χ3v) is 6.45. The molecule has 2 aromatic carbocycles. The molecule has 1 fully saturated rings. The lowest BCUT2D eigenvalue weighted by Crippen LogP contribution is -2.40. The molecule has 0 radical (unpaired) electrons. The van der Waals surface area contributed by atoms with Crippen LogP contribution in [0.4, 0.5) is 16.5 Å². The first kappa shape index (κ1) is 21.1. The number of thiazole rings is 1. The Kier molecular flexibility index (Phi) is 6.08. The maximum atomic E-state index is 13.1. The molecule has 1 aliphatic rings. The van der Waals surface area contributed by atoms with Crippen LogP contribution in [0.5, 0.6) is 5.75 Å². The van der Waals surface area contributed by atoms with Gasteiger partial charge >= 0.3 is 0 Å². The molecule has 1 saturated heterocycles. The number of amides is 2. The molecule has 31 heavy (non-hydrogen) atoms. The van der Waals surface area contributed by atoms with E-state index < -0.39 is 0 Å². The fraction of sp³-hybridized carbons (Fsp3) is 0.348. The summed E-state index contributed by atoms with van der Waals surface area (Å²) in [5.74, 6) is 0.171. The number of rotatable bonds is 5. The van der Waals surface area contributed by atoms with Gasteiger partial charge in [-0.1, -0.05) is 17.4 Å². The smallest absolute Gasteiger partial charge is 0.229 e. The Hall–Kier alpha value is -3.13. The Bertz CT molecular complexity index is 1130. The molecule has 1 aliphatic heterocycles. The van der Waals surface area contributed by atoms with E-state index in [0.29, 0.717) is 23.7 Å². The van der Waals surface area contributed by atoms with Gasteiger partial charge in [0.1, 0.15) is 5.75 Å². The van der Waals surface area contributed by atoms with Gasteiger partial charge < -0.3 is 20.3 Å². The first-order valence-electron chi connectivity index (χ1n) is 10.3. The van der Waals surface area contributed by atoms with Crippen molar-refractivity contribution in [3.8, 4) is 5.75 Å². The maximum absolute atomic E-state index is 13.1. The minimum absolute atomic E-state index is 0.0556. The van der Waals surface area contributed by atoms with Crippen molar-refractivity contribution in [2.24, 2.45) is 5.92 Å². The summed E-state index contributed by atoms with van der Waals surface area (Å²) in [7, 11) is 1.56. The molecular weight excluding hydrogens is 412 g/mol. The lowest BCUT2D eigenvalue weighted by Gasteiger charge is -2.31. The Balaban J connectivity index is 1.49. The third kappa shape index (κ3) is 4.80. The molecule has 0 saturated carbocycles. The number of nitrogens with zero attached hydrogens (tertiary/aromatic N) is 2. The summed E-state index contributed by atoms with van der Waals surface area (Å²) in [6.07, 6.45) is 1.75. The number of hydrogen-bond donors (Lipinski definition) is 2. The molecule has 0 aliphatic carbocycles. The molecule has 1 aromatic heterocycles. The van der Waals surface area contributed by atoms with Crippen molar-refractivity contribution in [1.82, 2.24) is 4.98 Å². The second-order valence-electron chi connectivity index (χ2n) is 7.84. The third-order valence-electron chi connectivity index (χ3n) is 5.37. The van der Waals surface area contributed by atoms with Crippen molar-refractivity contribution in [3.05, 3.63) is 42.0 Å². The summed E-state index contributed by atoms with van der Waals surface area (Å²) >= 11 is 1.67.